The third kappa shape index (κ3) is 2.62. The quantitative estimate of drug-likeness (QED) is 0.889. The van der Waals surface area contributed by atoms with Crippen molar-refractivity contribution in [3.8, 4) is 0 Å². The number of nitrogens with zero attached hydrogens (tertiary/aromatic N) is 1. The van der Waals surface area contributed by atoms with Crippen LogP contribution in [0.2, 0.25) is 5.02 Å². The molecule has 0 aliphatic rings. The third-order valence-corrected chi connectivity index (χ3v) is 2.73. The summed E-state index contributed by atoms with van der Waals surface area (Å²) in [5.74, 6) is -0.514. The largest absolute Gasteiger partial charge is 0.384 e. The van der Waals surface area contributed by atoms with Crippen molar-refractivity contribution in [3.05, 3.63) is 64.2 Å². The lowest BCUT2D eigenvalue weighted by atomic mass is 10.0. The number of halogens is 2. The van der Waals surface area contributed by atoms with Gasteiger partial charge in [-0.1, -0.05) is 17.7 Å². The standard InChI is InChI=1S/C13H11ClFNO/c1-8-6-9(4-5-16-8)13(17)11-3-2-10(14)7-12(11)15/h2-7,13,17H,1H3. The van der Waals surface area contributed by atoms with Gasteiger partial charge in [-0.2, -0.15) is 0 Å². The van der Waals surface area contributed by atoms with Gasteiger partial charge in [-0.3, -0.25) is 4.98 Å². The van der Waals surface area contributed by atoms with Crippen LogP contribution in [0.1, 0.15) is 22.9 Å². The van der Waals surface area contributed by atoms with Gasteiger partial charge in [-0.15, -0.1) is 0 Å². The van der Waals surface area contributed by atoms with Crippen LogP contribution in [-0.4, -0.2) is 10.1 Å². The van der Waals surface area contributed by atoms with Crippen LogP contribution in [0.5, 0.6) is 0 Å². The van der Waals surface area contributed by atoms with Crippen LogP contribution in [-0.2, 0) is 0 Å². The molecule has 88 valence electrons. The van der Waals surface area contributed by atoms with Crippen LogP contribution < -0.4 is 0 Å². The lowest BCUT2D eigenvalue weighted by Gasteiger charge is -2.12. The van der Waals surface area contributed by atoms with Gasteiger partial charge in [0.15, 0.2) is 0 Å². The highest BCUT2D eigenvalue weighted by Gasteiger charge is 2.15. The van der Waals surface area contributed by atoms with E-state index in [1.165, 1.54) is 12.1 Å². The van der Waals surface area contributed by atoms with Gasteiger partial charge in [0.2, 0.25) is 0 Å². The Morgan fingerprint density at radius 1 is 1.29 bits per heavy atom. The van der Waals surface area contributed by atoms with Gasteiger partial charge in [0, 0.05) is 22.5 Å². The molecule has 1 atom stereocenters. The molecule has 0 aliphatic carbocycles. The fourth-order valence-corrected chi connectivity index (χ4v) is 1.80. The second kappa shape index (κ2) is 4.82. The highest BCUT2D eigenvalue weighted by atomic mass is 35.5. The summed E-state index contributed by atoms with van der Waals surface area (Å²) < 4.78 is 13.6. The van der Waals surface area contributed by atoms with Gasteiger partial charge in [0.25, 0.3) is 0 Å². The van der Waals surface area contributed by atoms with Crippen LogP contribution in [0, 0.1) is 12.7 Å². The van der Waals surface area contributed by atoms with Crippen molar-refractivity contribution < 1.29 is 9.50 Å². The summed E-state index contributed by atoms with van der Waals surface area (Å²) in [6.45, 7) is 1.81. The molecule has 0 saturated heterocycles. The van der Waals surface area contributed by atoms with Crippen molar-refractivity contribution in [2.75, 3.05) is 0 Å². The van der Waals surface area contributed by atoms with E-state index in [9.17, 15) is 9.50 Å². The van der Waals surface area contributed by atoms with Gasteiger partial charge in [-0.05, 0) is 36.8 Å². The monoisotopic (exact) mass is 251 g/mol. The predicted octanol–water partition coefficient (Wildman–Crippen LogP) is 3.26. The molecule has 1 N–H and O–H groups in total. The smallest absolute Gasteiger partial charge is 0.130 e. The Morgan fingerprint density at radius 2 is 2.06 bits per heavy atom. The average Bonchev–Trinajstić information content (AvgIpc) is 2.28. The maximum absolute atomic E-state index is 13.6. The molecule has 1 aromatic heterocycles. The van der Waals surface area contributed by atoms with E-state index in [-0.39, 0.29) is 5.56 Å². The van der Waals surface area contributed by atoms with Crippen molar-refractivity contribution in [2.24, 2.45) is 0 Å². The second-order valence-corrected chi connectivity index (χ2v) is 4.24. The summed E-state index contributed by atoms with van der Waals surface area (Å²) in [6, 6.07) is 7.61. The summed E-state index contributed by atoms with van der Waals surface area (Å²) in [5, 5.41) is 10.4. The van der Waals surface area contributed by atoms with Crippen molar-refractivity contribution >= 4 is 11.6 Å². The molecule has 2 rings (SSSR count). The Labute approximate surface area is 104 Å². The van der Waals surface area contributed by atoms with Crippen molar-refractivity contribution in [1.82, 2.24) is 4.98 Å². The number of benzene rings is 1. The molecule has 0 amide bonds. The molecule has 1 unspecified atom stereocenters. The second-order valence-electron chi connectivity index (χ2n) is 3.80. The summed E-state index contributed by atoms with van der Waals surface area (Å²) in [7, 11) is 0. The number of aliphatic hydroxyl groups is 1. The lowest BCUT2D eigenvalue weighted by Crippen LogP contribution is -2.03. The maximum Gasteiger partial charge on any atom is 0.130 e. The van der Waals surface area contributed by atoms with Gasteiger partial charge in [0.1, 0.15) is 11.9 Å². The van der Waals surface area contributed by atoms with E-state index < -0.39 is 11.9 Å². The molecule has 2 nitrogen and oxygen atoms in total. The highest BCUT2D eigenvalue weighted by molar-refractivity contribution is 6.30. The SMILES string of the molecule is Cc1cc(C(O)c2ccc(Cl)cc2F)ccn1. The molecule has 1 aromatic carbocycles. The topological polar surface area (TPSA) is 33.1 Å². The van der Waals surface area contributed by atoms with Crippen molar-refractivity contribution in [2.45, 2.75) is 13.0 Å². The summed E-state index contributed by atoms with van der Waals surface area (Å²) >= 11 is 5.66. The molecule has 17 heavy (non-hydrogen) atoms. The first-order valence-corrected chi connectivity index (χ1v) is 5.51. The molecule has 0 aliphatic heterocycles. The van der Waals surface area contributed by atoms with Gasteiger partial charge < -0.3 is 5.11 Å². The van der Waals surface area contributed by atoms with Crippen LogP contribution >= 0.6 is 11.6 Å². The summed E-state index contributed by atoms with van der Waals surface area (Å²) in [5.41, 5.74) is 1.59. The fourth-order valence-electron chi connectivity index (χ4n) is 1.64. The average molecular weight is 252 g/mol. The number of rotatable bonds is 2. The lowest BCUT2D eigenvalue weighted by molar-refractivity contribution is 0.215. The zero-order valence-electron chi connectivity index (χ0n) is 9.19. The third-order valence-electron chi connectivity index (χ3n) is 2.49. The Morgan fingerprint density at radius 3 is 2.71 bits per heavy atom. The number of aliphatic hydroxyl groups excluding tert-OH is 1. The minimum Gasteiger partial charge on any atom is -0.384 e. The minimum atomic E-state index is -1.01. The number of pyridine rings is 1. The fraction of sp³-hybridized carbons (Fsp3) is 0.154. The number of hydrogen-bond acceptors (Lipinski definition) is 2. The van der Waals surface area contributed by atoms with E-state index in [1.54, 1.807) is 24.4 Å². The molecule has 0 saturated carbocycles. The van der Waals surface area contributed by atoms with Crippen LogP contribution in [0.3, 0.4) is 0 Å². The van der Waals surface area contributed by atoms with Crippen LogP contribution in [0.25, 0.3) is 0 Å². The van der Waals surface area contributed by atoms with Gasteiger partial charge in [0.05, 0.1) is 0 Å². The van der Waals surface area contributed by atoms with E-state index in [1.807, 2.05) is 6.92 Å². The molecule has 2 aromatic rings. The highest BCUT2D eigenvalue weighted by Crippen LogP contribution is 2.26. The number of aryl methyl sites for hydroxylation is 1. The first-order valence-electron chi connectivity index (χ1n) is 5.13. The first-order chi connectivity index (χ1) is 8.08. The van der Waals surface area contributed by atoms with E-state index >= 15 is 0 Å². The Balaban J connectivity index is 2.40. The normalized spacial score (nSPS) is 12.5. The zero-order valence-corrected chi connectivity index (χ0v) is 9.95. The minimum absolute atomic E-state index is 0.208. The van der Waals surface area contributed by atoms with Gasteiger partial charge in [-0.25, -0.2) is 4.39 Å². The molecular weight excluding hydrogens is 241 g/mol. The molecule has 0 bridgehead atoms. The van der Waals surface area contributed by atoms with E-state index in [4.69, 9.17) is 11.6 Å². The molecule has 1 heterocycles. The summed E-state index contributed by atoms with van der Waals surface area (Å²) in [4.78, 5) is 4.03. The number of hydrogen-bond donors (Lipinski definition) is 1. The Bertz CT molecular complexity index is 545. The van der Waals surface area contributed by atoms with Crippen molar-refractivity contribution in [1.29, 1.82) is 0 Å². The zero-order chi connectivity index (χ0) is 12.4. The molecule has 0 radical (unpaired) electrons. The van der Waals surface area contributed by atoms with Crippen LogP contribution in [0.15, 0.2) is 36.5 Å². The van der Waals surface area contributed by atoms with Gasteiger partial charge >= 0.3 is 0 Å². The number of aromatic nitrogens is 1. The first kappa shape index (κ1) is 12.0. The maximum atomic E-state index is 13.6. The van der Waals surface area contributed by atoms with E-state index in [0.717, 1.165) is 5.69 Å². The molecule has 0 fully saturated rings. The summed E-state index contributed by atoms with van der Waals surface area (Å²) in [6.07, 6.45) is 0.579. The molecular formula is C13H11ClFNO. The molecule has 0 spiro atoms. The molecule has 4 heteroatoms. The van der Waals surface area contributed by atoms with E-state index in [2.05, 4.69) is 4.98 Å². The predicted molar refractivity (Wildman–Crippen MR) is 64.4 cm³/mol. The Hall–Kier alpha value is -1.45. The van der Waals surface area contributed by atoms with Crippen LogP contribution in [0.4, 0.5) is 4.39 Å². The van der Waals surface area contributed by atoms with E-state index in [0.29, 0.717) is 10.6 Å². The Kier molecular flexibility index (Phi) is 3.41. The van der Waals surface area contributed by atoms with Crippen molar-refractivity contribution in [3.63, 3.8) is 0 Å².